The van der Waals surface area contributed by atoms with Crippen molar-refractivity contribution >= 4 is 11.9 Å². The number of carbonyl (C=O) groups is 1. The average Bonchev–Trinajstić information content (AvgIpc) is 3.25. The zero-order valence-electron chi connectivity index (χ0n) is 11.5. The lowest BCUT2D eigenvalue weighted by atomic mass is 9.93. The van der Waals surface area contributed by atoms with Gasteiger partial charge in [-0.1, -0.05) is 0 Å². The molecule has 2 saturated carbocycles. The Balaban J connectivity index is 1.62. The van der Waals surface area contributed by atoms with Gasteiger partial charge >= 0.3 is 6.03 Å². The number of hydrogen-bond donors (Lipinski definition) is 1. The molecule has 2 heterocycles. The van der Waals surface area contributed by atoms with Gasteiger partial charge in [0.15, 0.2) is 0 Å². The van der Waals surface area contributed by atoms with Gasteiger partial charge in [0, 0.05) is 25.2 Å². The third kappa shape index (κ3) is 1.71. The first kappa shape index (κ1) is 11.7. The van der Waals surface area contributed by atoms with Crippen molar-refractivity contribution in [2.75, 3.05) is 13.1 Å². The quantitative estimate of drug-likeness (QED) is 0.831. The molecule has 4 rings (SSSR count). The molecule has 0 bridgehead atoms. The van der Waals surface area contributed by atoms with Crippen molar-refractivity contribution in [2.24, 2.45) is 16.6 Å². The summed E-state index contributed by atoms with van der Waals surface area (Å²) in [7, 11) is 0. The zero-order chi connectivity index (χ0) is 13.2. The van der Waals surface area contributed by atoms with Gasteiger partial charge in [0.25, 0.3) is 0 Å². The molecule has 4 aliphatic rings. The van der Waals surface area contributed by atoms with Crippen molar-refractivity contribution < 1.29 is 4.79 Å². The van der Waals surface area contributed by atoms with Crippen LogP contribution in [-0.4, -0.2) is 52.4 Å². The maximum Gasteiger partial charge on any atom is 0.346 e. The monoisotopic (exact) mass is 262 g/mol. The van der Waals surface area contributed by atoms with E-state index in [0.717, 1.165) is 25.6 Å². The molecule has 2 unspecified atom stereocenters. The average molecular weight is 262 g/mol. The first-order chi connectivity index (χ1) is 9.10. The second-order valence-corrected chi connectivity index (χ2v) is 6.82. The Kier molecular flexibility index (Phi) is 2.29. The molecule has 5 heteroatoms. The van der Waals surface area contributed by atoms with Crippen LogP contribution in [0.3, 0.4) is 0 Å². The van der Waals surface area contributed by atoms with Crippen LogP contribution in [0.2, 0.25) is 0 Å². The number of aliphatic imine (C=N–C) groups is 1. The Labute approximate surface area is 113 Å². The van der Waals surface area contributed by atoms with Gasteiger partial charge < -0.3 is 10.6 Å². The van der Waals surface area contributed by atoms with Crippen LogP contribution in [0.1, 0.15) is 39.0 Å². The molecule has 0 aromatic rings. The standard InChI is InChI=1S/C14H22N4O/c1-9-6-14(8-17(9)11-4-5-11)12(15)16-13(19)18(14)7-10-2-3-10/h9-11H,2-8H2,1H3,(H2,15,16,19). The molecule has 2 N–H and O–H groups in total. The van der Waals surface area contributed by atoms with Gasteiger partial charge in [0.1, 0.15) is 11.4 Å². The molecular weight excluding hydrogens is 240 g/mol. The third-order valence-electron chi connectivity index (χ3n) is 5.24. The largest absolute Gasteiger partial charge is 0.385 e. The van der Waals surface area contributed by atoms with Crippen LogP contribution >= 0.6 is 0 Å². The highest BCUT2D eigenvalue weighted by Crippen LogP contribution is 2.43. The Hall–Kier alpha value is -1.10. The lowest BCUT2D eigenvalue weighted by Crippen LogP contribution is -2.56. The molecular formula is C14H22N4O. The molecule has 5 nitrogen and oxygen atoms in total. The van der Waals surface area contributed by atoms with Gasteiger partial charge in [-0.05, 0) is 44.9 Å². The molecule has 2 aliphatic carbocycles. The highest BCUT2D eigenvalue weighted by atomic mass is 16.2. The number of hydrogen-bond acceptors (Lipinski definition) is 3. The first-order valence-electron chi connectivity index (χ1n) is 7.52. The van der Waals surface area contributed by atoms with E-state index in [4.69, 9.17) is 5.73 Å². The minimum atomic E-state index is -0.290. The molecule has 2 amide bonds. The number of likely N-dealkylation sites (tertiary alicyclic amines) is 1. The van der Waals surface area contributed by atoms with Crippen LogP contribution in [0.4, 0.5) is 4.79 Å². The van der Waals surface area contributed by atoms with Crippen LogP contribution in [0.25, 0.3) is 0 Å². The van der Waals surface area contributed by atoms with Crippen molar-refractivity contribution in [3.8, 4) is 0 Å². The van der Waals surface area contributed by atoms with Gasteiger partial charge in [-0.25, -0.2) is 4.79 Å². The van der Waals surface area contributed by atoms with E-state index in [-0.39, 0.29) is 11.6 Å². The number of nitrogens with two attached hydrogens (primary N) is 1. The summed E-state index contributed by atoms with van der Waals surface area (Å²) in [5.41, 5.74) is 5.87. The molecule has 0 aromatic carbocycles. The number of urea groups is 1. The Morgan fingerprint density at radius 3 is 2.74 bits per heavy atom. The van der Waals surface area contributed by atoms with Crippen LogP contribution in [0, 0.1) is 5.92 Å². The van der Waals surface area contributed by atoms with E-state index in [1.165, 1.54) is 25.7 Å². The second-order valence-electron chi connectivity index (χ2n) is 6.82. The molecule has 0 aromatic heterocycles. The highest BCUT2D eigenvalue weighted by molar-refractivity contribution is 6.06. The normalized spacial score (nSPS) is 39.4. The van der Waals surface area contributed by atoms with Crippen molar-refractivity contribution in [3.63, 3.8) is 0 Å². The number of amidine groups is 1. The van der Waals surface area contributed by atoms with Crippen molar-refractivity contribution in [1.29, 1.82) is 0 Å². The third-order valence-corrected chi connectivity index (χ3v) is 5.24. The summed E-state index contributed by atoms with van der Waals surface area (Å²) in [4.78, 5) is 20.8. The summed E-state index contributed by atoms with van der Waals surface area (Å²) < 4.78 is 0. The van der Waals surface area contributed by atoms with Gasteiger partial charge in [-0.3, -0.25) is 4.90 Å². The van der Waals surface area contributed by atoms with Crippen LogP contribution < -0.4 is 5.73 Å². The minimum Gasteiger partial charge on any atom is -0.385 e. The van der Waals surface area contributed by atoms with Crippen molar-refractivity contribution in [3.05, 3.63) is 0 Å². The maximum atomic E-state index is 12.1. The maximum absolute atomic E-state index is 12.1. The predicted octanol–water partition coefficient (Wildman–Crippen LogP) is 1.18. The summed E-state index contributed by atoms with van der Waals surface area (Å²) in [6.07, 6.45) is 6.06. The van der Waals surface area contributed by atoms with E-state index >= 15 is 0 Å². The fraction of sp³-hybridized carbons (Fsp3) is 0.857. The van der Waals surface area contributed by atoms with E-state index in [2.05, 4.69) is 16.8 Å². The minimum absolute atomic E-state index is 0.103. The van der Waals surface area contributed by atoms with Gasteiger partial charge in [-0.15, -0.1) is 0 Å². The first-order valence-corrected chi connectivity index (χ1v) is 7.52. The van der Waals surface area contributed by atoms with E-state index in [1.54, 1.807) is 0 Å². The molecule has 0 radical (unpaired) electrons. The van der Waals surface area contributed by atoms with E-state index in [1.807, 2.05) is 4.90 Å². The lowest BCUT2D eigenvalue weighted by Gasteiger charge is -2.34. The summed E-state index contributed by atoms with van der Waals surface area (Å²) in [5, 5.41) is 0. The van der Waals surface area contributed by atoms with Crippen LogP contribution in [0.5, 0.6) is 0 Å². The van der Waals surface area contributed by atoms with E-state index in [9.17, 15) is 4.79 Å². The SMILES string of the molecule is CC1CC2(CN1C1CC1)C(N)=NC(=O)N2CC1CC1. The molecule has 1 saturated heterocycles. The molecule has 1 spiro atoms. The fourth-order valence-corrected chi connectivity index (χ4v) is 3.80. The Morgan fingerprint density at radius 2 is 2.11 bits per heavy atom. The van der Waals surface area contributed by atoms with Crippen LogP contribution in [0.15, 0.2) is 4.99 Å². The smallest absolute Gasteiger partial charge is 0.346 e. The zero-order valence-corrected chi connectivity index (χ0v) is 11.5. The lowest BCUT2D eigenvalue weighted by molar-refractivity contribution is 0.164. The summed E-state index contributed by atoms with van der Waals surface area (Å²) in [6, 6.07) is 1.13. The molecule has 104 valence electrons. The predicted molar refractivity (Wildman–Crippen MR) is 73.0 cm³/mol. The van der Waals surface area contributed by atoms with Gasteiger partial charge in [-0.2, -0.15) is 4.99 Å². The van der Waals surface area contributed by atoms with Gasteiger partial charge in [0.2, 0.25) is 0 Å². The van der Waals surface area contributed by atoms with Crippen molar-refractivity contribution in [2.45, 2.75) is 56.7 Å². The number of rotatable bonds is 3. The molecule has 2 atom stereocenters. The highest BCUT2D eigenvalue weighted by Gasteiger charge is 2.57. The van der Waals surface area contributed by atoms with Crippen LogP contribution in [-0.2, 0) is 0 Å². The molecule has 3 fully saturated rings. The second kappa shape index (κ2) is 3.72. The summed E-state index contributed by atoms with van der Waals surface area (Å²) >= 11 is 0. The molecule has 19 heavy (non-hydrogen) atoms. The molecule has 2 aliphatic heterocycles. The Morgan fingerprint density at radius 1 is 1.37 bits per heavy atom. The topological polar surface area (TPSA) is 61.9 Å². The van der Waals surface area contributed by atoms with E-state index in [0.29, 0.717) is 17.8 Å². The van der Waals surface area contributed by atoms with Crippen molar-refractivity contribution in [1.82, 2.24) is 9.80 Å². The summed E-state index contributed by atoms with van der Waals surface area (Å²) in [5.74, 6) is 1.25. The Bertz CT molecular complexity index is 454. The fourth-order valence-electron chi connectivity index (χ4n) is 3.80. The number of carbonyl (C=O) groups excluding carboxylic acids is 1. The summed E-state index contributed by atoms with van der Waals surface area (Å²) in [6.45, 7) is 4.01. The van der Waals surface area contributed by atoms with E-state index < -0.39 is 0 Å². The van der Waals surface area contributed by atoms with Gasteiger partial charge in [0.05, 0.1) is 0 Å². The number of nitrogens with zero attached hydrogens (tertiary/aromatic N) is 3. The number of amides is 2.